The van der Waals surface area contributed by atoms with Crippen molar-refractivity contribution in [3.63, 3.8) is 0 Å². The maximum absolute atomic E-state index is 13.0. The van der Waals surface area contributed by atoms with Crippen molar-refractivity contribution in [1.29, 1.82) is 0 Å². The predicted octanol–water partition coefficient (Wildman–Crippen LogP) is 3.47. The molecule has 0 saturated carbocycles. The van der Waals surface area contributed by atoms with Crippen LogP contribution in [0.2, 0.25) is 0 Å². The standard InChI is InChI=1S/C16H18FNO/c1-12-6-8-13(9-7-12)16(18-2)11-19-15-5-3-4-14(17)10-15/h3-10,16,18H,11H2,1-2H3. The largest absolute Gasteiger partial charge is 0.492 e. The Bertz CT molecular complexity index is 525. The summed E-state index contributed by atoms with van der Waals surface area (Å²) in [7, 11) is 1.89. The molecular weight excluding hydrogens is 241 g/mol. The maximum atomic E-state index is 13.0. The van der Waals surface area contributed by atoms with Crippen LogP contribution in [-0.2, 0) is 0 Å². The van der Waals surface area contributed by atoms with Gasteiger partial charge in [-0.05, 0) is 31.7 Å². The normalized spacial score (nSPS) is 12.2. The molecule has 1 unspecified atom stereocenters. The summed E-state index contributed by atoms with van der Waals surface area (Å²) in [6, 6.07) is 14.6. The van der Waals surface area contributed by atoms with Crippen LogP contribution >= 0.6 is 0 Å². The summed E-state index contributed by atoms with van der Waals surface area (Å²) in [4.78, 5) is 0. The number of hydrogen-bond acceptors (Lipinski definition) is 2. The van der Waals surface area contributed by atoms with E-state index < -0.39 is 0 Å². The summed E-state index contributed by atoms with van der Waals surface area (Å²) in [5.74, 6) is 0.265. The van der Waals surface area contributed by atoms with Gasteiger partial charge in [0, 0.05) is 6.07 Å². The molecule has 0 aromatic heterocycles. The molecule has 2 aromatic carbocycles. The third kappa shape index (κ3) is 3.80. The second-order valence-corrected chi connectivity index (χ2v) is 4.52. The molecule has 0 fully saturated rings. The van der Waals surface area contributed by atoms with Crippen molar-refractivity contribution < 1.29 is 9.13 Å². The fourth-order valence-corrected chi connectivity index (χ4v) is 1.88. The van der Waals surface area contributed by atoms with Crippen molar-refractivity contribution in [2.45, 2.75) is 13.0 Å². The Hall–Kier alpha value is -1.87. The molecular formula is C16H18FNO. The number of rotatable bonds is 5. The molecule has 0 aliphatic carbocycles. The van der Waals surface area contributed by atoms with Crippen LogP contribution in [0.4, 0.5) is 4.39 Å². The van der Waals surface area contributed by atoms with Crippen LogP contribution in [0.15, 0.2) is 48.5 Å². The van der Waals surface area contributed by atoms with Gasteiger partial charge in [-0.3, -0.25) is 0 Å². The van der Waals surface area contributed by atoms with Crippen molar-refractivity contribution in [2.24, 2.45) is 0 Å². The van der Waals surface area contributed by atoms with Crippen molar-refractivity contribution in [3.05, 3.63) is 65.5 Å². The zero-order valence-corrected chi connectivity index (χ0v) is 11.2. The molecule has 0 heterocycles. The molecule has 100 valence electrons. The van der Waals surface area contributed by atoms with E-state index in [0.717, 1.165) is 5.56 Å². The van der Waals surface area contributed by atoms with E-state index in [4.69, 9.17) is 4.74 Å². The van der Waals surface area contributed by atoms with E-state index in [1.165, 1.54) is 17.7 Å². The van der Waals surface area contributed by atoms with E-state index in [1.54, 1.807) is 12.1 Å². The minimum atomic E-state index is -0.283. The second kappa shape index (κ2) is 6.34. The van der Waals surface area contributed by atoms with Gasteiger partial charge in [-0.25, -0.2) is 4.39 Å². The summed E-state index contributed by atoms with van der Waals surface area (Å²) in [6.45, 7) is 2.52. The average molecular weight is 259 g/mol. The predicted molar refractivity (Wildman–Crippen MR) is 74.9 cm³/mol. The zero-order valence-electron chi connectivity index (χ0n) is 11.2. The highest BCUT2D eigenvalue weighted by Gasteiger charge is 2.09. The van der Waals surface area contributed by atoms with Crippen LogP contribution in [0.1, 0.15) is 17.2 Å². The highest BCUT2D eigenvalue weighted by Crippen LogP contribution is 2.17. The topological polar surface area (TPSA) is 21.3 Å². The van der Waals surface area contributed by atoms with E-state index in [0.29, 0.717) is 12.4 Å². The SMILES string of the molecule is CNC(COc1cccc(F)c1)c1ccc(C)cc1. The van der Waals surface area contributed by atoms with Gasteiger partial charge in [0.1, 0.15) is 18.2 Å². The van der Waals surface area contributed by atoms with Crippen molar-refractivity contribution in [3.8, 4) is 5.75 Å². The molecule has 2 rings (SSSR count). The Morgan fingerprint density at radius 2 is 1.89 bits per heavy atom. The first-order chi connectivity index (χ1) is 9.19. The molecule has 0 radical (unpaired) electrons. The van der Waals surface area contributed by atoms with Gasteiger partial charge < -0.3 is 10.1 Å². The Labute approximate surface area is 113 Å². The number of hydrogen-bond donors (Lipinski definition) is 1. The fourth-order valence-electron chi connectivity index (χ4n) is 1.88. The molecule has 0 amide bonds. The van der Waals surface area contributed by atoms with Gasteiger partial charge in [0.2, 0.25) is 0 Å². The van der Waals surface area contributed by atoms with Crippen molar-refractivity contribution >= 4 is 0 Å². The molecule has 0 bridgehead atoms. The third-order valence-corrected chi connectivity index (χ3v) is 3.04. The molecule has 0 aliphatic rings. The van der Waals surface area contributed by atoms with Gasteiger partial charge in [-0.1, -0.05) is 35.9 Å². The van der Waals surface area contributed by atoms with E-state index >= 15 is 0 Å². The van der Waals surface area contributed by atoms with Gasteiger partial charge in [0.15, 0.2) is 0 Å². The molecule has 0 spiro atoms. The summed E-state index contributed by atoms with van der Waals surface area (Å²) < 4.78 is 18.7. The minimum Gasteiger partial charge on any atom is -0.492 e. The summed E-state index contributed by atoms with van der Waals surface area (Å²) in [5, 5.41) is 3.20. The Morgan fingerprint density at radius 1 is 1.16 bits per heavy atom. The van der Waals surface area contributed by atoms with Crippen LogP contribution in [0.3, 0.4) is 0 Å². The van der Waals surface area contributed by atoms with Crippen LogP contribution in [0, 0.1) is 12.7 Å². The second-order valence-electron chi connectivity index (χ2n) is 4.52. The molecule has 2 nitrogen and oxygen atoms in total. The number of likely N-dealkylation sites (N-methyl/N-ethyl adjacent to an activating group) is 1. The molecule has 1 atom stereocenters. The molecule has 3 heteroatoms. The van der Waals surface area contributed by atoms with Crippen molar-refractivity contribution in [2.75, 3.05) is 13.7 Å². The molecule has 1 N–H and O–H groups in total. The lowest BCUT2D eigenvalue weighted by atomic mass is 10.1. The monoisotopic (exact) mass is 259 g/mol. The first kappa shape index (κ1) is 13.6. The first-order valence-electron chi connectivity index (χ1n) is 6.31. The zero-order chi connectivity index (χ0) is 13.7. The number of aryl methyl sites for hydroxylation is 1. The summed E-state index contributed by atoms with van der Waals surface area (Å²) >= 11 is 0. The van der Waals surface area contributed by atoms with E-state index in [9.17, 15) is 4.39 Å². The average Bonchev–Trinajstić information content (AvgIpc) is 2.41. The van der Waals surface area contributed by atoms with Crippen LogP contribution in [0.25, 0.3) is 0 Å². The fraction of sp³-hybridized carbons (Fsp3) is 0.250. The molecule has 19 heavy (non-hydrogen) atoms. The molecule has 2 aromatic rings. The highest BCUT2D eigenvalue weighted by atomic mass is 19.1. The minimum absolute atomic E-state index is 0.0869. The smallest absolute Gasteiger partial charge is 0.126 e. The van der Waals surface area contributed by atoms with Crippen LogP contribution in [-0.4, -0.2) is 13.7 Å². The Morgan fingerprint density at radius 3 is 2.53 bits per heavy atom. The van der Waals surface area contributed by atoms with E-state index in [2.05, 4.69) is 36.5 Å². The van der Waals surface area contributed by atoms with Gasteiger partial charge in [-0.2, -0.15) is 0 Å². The number of benzene rings is 2. The Balaban J connectivity index is 2.01. The summed E-state index contributed by atoms with van der Waals surface area (Å²) in [6.07, 6.45) is 0. The quantitative estimate of drug-likeness (QED) is 0.887. The van der Waals surface area contributed by atoms with E-state index in [1.807, 2.05) is 7.05 Å². The third-order valence-electron chi connectivity index (χ3n) is 3.04. The molecule has 0 saturated heterocycles. The van der Waals surface area contributed by atoms with E-state index in [-0.39, 0.29) is 11.9 Å². The van der Waals surface area contributed by atoms with Crippen LogP contribution in [0.5, 0.6) is 5.75 Å². The van der Waals surface area contributed by atoms with Gasteiger partial charge in [-0.15, -0.1) is 0 Å². The lowest BCUT2D eigenvalue weighted by Crippen LogP contribution is -2.23. The number of ether oxygens (including phenoxy) is 1. The highest BCUT2D eigenvalue weighted by molar-refractivity contribution is 5.25. The van der Waals surface area contributed by atoms with Gasteiger partial charge in [0.25, 0.3) is 0 Å². The summed E-state index contributed by atoms with van der Waals surface area (Å²) in [5.41, 5.74) is 2.38. The van der Waals surface area contributed by atoms with Gasteiger partial charge >= 0.3 is 0 Å². The number of nitrogens with one attached hydrogen (secondary N) is 1. The lowest BCUT2D eigenvalue weighted by molar-refractivity contribution is 0.272. The van der Waals surface area contributed by atoms with Crippen molar-refractivity contribution in [1.82, 2.24) is 5.32 Å². The molecule has 0 aliphatic heterocycles. The lowest BCUT2D eigenvalue weighted by Gasteiger charge is -2.17. The van der Waals surface area contributed by atoms with Gasteiger partial charge in [0.05, 0.1) is 6.04 Å². The maximum Gasteiger partial charge on any atom is 0.126 e. The Kier molecular flexibility index (Phi) is 4.53. The first-order valence-corrected chi connectivity index (χ1v) is 6.31. The number of halogens is 1. The van der Waals surface area contributed by atoms with Crippen LogP contribution < -0.4 is 10.1 Å².